The summed E-state index contributed by atoms with van der Waals surface area (Å²) in [5, 5.41) is 19.0. The van der Waals surface area contributed by atoms with Crippen LogP contribution >= 0.6 is 11.8 Å². The molecule has 6 nitrogen and oxygen atoms in total. The third-order valence-electron chi connectivity index (χ3n) is 3.50. The lowest BCUT2D eigenvalue weighted by Crippen LogP contribution is -2.17. The number of hydrogen-bond donors (Lipinski definition) is 2. The van der Waals surface area contributed by atoms with Gasteiger partial charge in [0.1, 0.15) is 23.5 Å². The van der Waals surface area contributed by atoms with Gasteiger partial charge in [0.15, 0.2) is 5.82 Å². The first-order valence-electron chi connectivity index (χ1n) is 7.14. The fourth-order valence-corrected chi connectivity index (χ4v) is 3.40. The van der Waals surface area contributed by atoms with Crippen molar-refractivity contribution in [1.29, 1.82) is 0 Å². The molecule has 0 amide bonds. The summed E-state index contributed by atoms with van der Waals surface area (Å²) < 4.78 is 7.53. The average molecular weight is 326 g/mol. The smallest absolute Gasteiger partial charge is 0.212 e. The quantitative estimate of drug-likeness (QED) is 0.768. The Kier molecular flexibility index (Phi) is 3.55. The molecule has 1 aromatic heterocycles. The number of ether oxygens (including phenoxy) is 1. The average Bonchev–Trinajstić information content (AvgIpc) is 3.15. The summed E-state index contributed by atoms with van der Waals surface area (Å²) >= 11 is 1.51. The van der Waals surface area contributed by atoms with Crippen LogP contribution in [0.4, 0.5) is 0 Å². The number of aromatic nitrogens is 3. The van der Waals surface area contributed by atoms with Crippen molar-refractivity contribution in [3.63, 3.8) is 0 Å². The SMILES string of the molecule is Oc1ccccc1C1Nn2c(COc3ccccc3)nnc2S1. The van der Waals surface area contributed by atoms with Crippen molar-refractivity contribution in [2.24, 2.45) is 0 Å². The second-order valence-electron chi connectivity index (χ2n) is 5.02. The Morgan fingerprint density at radius 3 is 2.70 bits per heavy atom. The molecule has 2 N–H and O–H groups in total. The van der Waals surface area contributed by atoms with Crippen molar-refractivity contribution in [3.05, 3.63) is 66.0 Å². The molecular weight excluding hydrogens is 312 g/mol. The topological polar surface area (TPSA) is 72.2 Å². The van der Waals surface area contributed by atoms with E-state index in [0.717, 1.165) is 16.5 Å². The molecule has 23 heavy (non-hydrogen) atoms. The number of benzene rings is 2. The molecule has 0 fully saturated rings. The highest BCUT2D eigenvalue weighted by atomic mass is 32.2. The highest BCUT2D eigenvalue weighted by Gasteiger charge is 2.29. The molecule has 1 atom stereocenters. The highest BCUT2D eigenvalue weighted by Crippen LogP contribution is 2.41. The minimum Gasteiger partial charge on any atom is -0.508 e. The Balaban J connectivity index is 1.50. The van der Waals surface area contributed by atoms with Gasteiger partial charge >= 0.3 is 0 Å². The maximum absolute atomic E-state index is 9.99. The molecule has 0 aliphatic carbocycles. The predicted octanol–water partition coefficient (Wildman–Crippen LogP) is 2.91. The second-order valence-corrected chi connectivity index (χ2v) is 6.09. The van der Waals surface area contributed by atoms with E-state index in [1.54, 1.807) is 12.1 Å². The summed E-state index contributed by atoms with van der Waals surface area (Å²) in [5.41, 5.74) is 4.11. The zero-order chi connectivity index (χ0) is 15.6. The second kappa shape index (κ2) is 5.85. The van der Waals surface area contributed by atoms with Crippen LogP contribution in [0.5, 0.6) is 11.5 Å². The van der Waals surface area contributed by atoms with Gasteiger partial charge in [-0.2, -0.15) is 0 Å². The minimum absolute atomic E-state index is 0.0998. The molecule has 2 aromatic carbocycles. The maximum Gasteiger partial charge on any atom is 0.212 e. The van der Waals surface area contributed by atoms with Crippen molar-refractivity contribution >= 4 is 11.8 Å². The molecule has 0 saturated carbocycles. The zero-order valence-corrected chi connectivity index (χ0v) is 12.9. The first-order valence-corrected chi connectivity index (χ1v) is 8.02. The van der Waals surface area contributed by atoms with Gasteiger partial charge in [-0.3, -0.25) is 0 Å². The van der Waals surface area contributed by atoms with E-state index in [4.69, 9.17) is 4.74 Å². The molecule has 0 bridgehead atoms. The van der Waals surface area contributed by atoms with Gasteiger partial charge in [0.05, 0.1) is 0 Å². The maximum atomic E-state index is 9.99. The van der Waals surface area contributed by atoms with Crippen molar-refractivity contribution in [1.82, 2.24) is 14.9 Å². The van der Waals surface area contributed by atoms with Gasteiger partial charge in [0, 0.05) is 5.56 Å². The Morgan fingerprint density at radius 2 is 1.87 bits per heavy atom. The third kappa shape index (κ3) is 2.70. The number of aromatic hydroxyl groups is 1. The van der Waals surface area contributed by atoms with Crippen LogP contribution in [0.15, 0.2) is 59.8 Å². The first kappa shape index (κ1) is 14.0. The lowest BCUT2D eigenvalue weighted by atomic mass is 10.2. The van der Waals surface area contributed by atoms with E-state index in [1.165, 1.54) is 11.8 Å². The van der Waals surface area contributed by atoms with E-state index in [-0.39, 0.29) is 11.1 Å². The Bertz CT molecular complexity index is 822. The number of phenolic OH excluding ortho intramolecular Hbond substituents is 1. The van der Waals surface area contributed by atoms with Crippen LogP contribution in [0.25, 0.3) is 0 Å². The van der Waals surface area contributed by atoms with Crippen molar-refractivity contribution in [2.75, 3.05) is 5.43 Å². The van der Waals surface area contributed by atoms with Crippen molar-refractivity contribution in [2.45, 2.75) is 17.1 Å². The Morgan fingerprint density at radius 1 is 1.09 bits per heavy atom. The van der Waals surface area contributed by atoms with Gasteiger partial charge in [0.25, 0.3) is 0 Å². The van der Waals surface area contributed by atoms with Crippen LogP contribution in [0.3, 0.4) is 0 Å². The lowest BCUT2D eigenvalue weighted by molar-refractivity contribution is 0.291. The molecule has 0 radical (unpaired) electrons. The number of rotatable bonds is 4. The molecular formula is C16H14N4O2S. The molecule has 1 aliphatic heterocycles. The van der Waals surface area contributed by atoms with Gasteiger partial charge < -0.3 is 15.3 Å². The number of nitrogens with zero attached hydrogens (tertiary/aromatic N) is 3. The lowest BCUT2D eigenvalue weighted by Gasteiger charge is -2.13. The fraction of sp³-hybridized carbons (Fsp3) is 0.125. The van der Waals surface area contributed by atoms with Gasteiger partial charge in [-0.05, 0) is 18.2 Å². The van der Waals surface area contributed by atoms with Crippen LogP contribution in [0, 0.1) is 0 Å². The number of nitrogens with one attached hydrogen (secondary N) is 1. The summed E-state index contributed by atoms with van der Waals surface area (Å²) in [6, 6.07) is 16.8. The van der Waals surface area contributed by atoms with Crippen molar-refractivity contribution < 1.29 is 9.84 Å². The summed E-state index contributed by atoms with van der Waals surface area (Å²) in [7, 11) is 0. The number of thioether (sulfide) groups is 1. The molecule has 3 aromatic rings. The normalized spacial score (nSPS) is 15.9. The van der Waals surface area contributed by atoms with Gasteiger partial charge in [-0.15, -0.1) is 10.2 Å². The molecule has 2 heterocycles. The summed E-state index contributed by atoms with van der Waals surface area (Å²) in [6.45, 7) is 0.318. The third-order valence-corrected chi connectivity index (χ3v) is 4.57. The van der Waals surface area contributed by atoms with E-state index >= 15 is 0 Å². The molecule has 4 rings (SSSR count). The van der Waals surface area contributed by atoms with E-state index in [9.17, 15) is 5.11 Å². The van der Waals surface area contributed by atoms with E-state index < -0.39 is 0 Å². The Labute approximate surface area is 137 Å². The highest BCUT2D eigenvalue weighted by molar-refractivity contribution is 7.99. The van der Waals surface area contributed by atoms with E-state index in [0.29, 0.717) is 12.4 Å². The van der Waals surface area contributed by atoms with Crippen LogP contribution < -0.4 is 10.2 Å². The predicted molar refractivity (Wildman–Crippen MR) is 86.9 cm³/mol. The van der Waals surface area contributed by atoms with Gasteiger partial charge in [-0.1, -0.05) is 48.2 Å². The molecule has 0 spiro atoms. The van der Waals surface area contributed by atoms with Crippen molar-refractivity contribution in [3.8, 4) is 11.5 Å². The van der Waals surface area contributed by atoms with E-state index in [2.05, 4.69) is 15.6 Å². The standard InChI is InChI=1S/C16H14N4O2S/c21-13-9-5-4-8-12(13)15-19-20-14(17-18-16(20)23-15)10-22-11-6-2-1-3-7-11/h1-9,15,19,21H,10H2. The molecule has 116 valence electrons. The van der Waals surface area contributed by atoms with Crippen LogP contribution in [-0.4, -0.2) is 20.0 Å². The monoisotopic (exact) mass is 326 g/mol. The molecule has 7 heteroatoms. The van der Waals surface area contributed by atoms with E-state index in [1.807, 2.05) is 47.1 Å². The summed E-state index contributed by atoms with van der Waals surface area (Å²) in [6.07, 6.45) is 0. The van der Waals surface area contributed by atoms with Gasteiger partial charge in [-0.25, -0.2) is 4.68 Å². The summed E-state index contributed by atoms with van der Waals surface area (Å²) in [5.74, 6) is 1.74. The first-order chi connectivity index (χ1) is 11.3. The number of fused-ring (bicyclic) bond motifs is 1. The largest absolute Gasteiger partial charge is 0.508 e. The van der Waals surface area contributed by atoms with Crippen LogP contribution in [-0.2, 0) is 6.61 Å². The van der Waals surface area contributed by atoms with Crippen LogP contribution in [0.1, 0.15) is 16.8 Å². The summed E-state index contributed by atoms with van der Waals surface area (Å²) in [4.78, 5) is 0. The number of hydrogen-bond acceptors (Lipinski definition) is 6. The zero-order valence-electron chi connectivity index (χ0n) is 12.1. The number of para-hydroxylation sites is 2. The fourth-order valence-electron chi connectivity index (χ4n) is 2.36. The molecule has 0 saturated heterocycles. The van der Waals surface area contributed by atoms with Gasteiger partial charge in [0.2, 0.25) is 5.16 Å². The number of phenols is 1. The Hall–Kier alpha value is -2.67. The minimum atomic E-state index is -0.0998. The molecule has 1 unspecified atom stereocenters. The molecule has 1 aliphatic rings. The van der Waals surface area contributed by atoms with Crippen LogP contribution in [0.2, 0.25) is 0 Å².